The molecule has 5 rings (SSSR count). The number of aliphatic hydroxyl groups excluding tert-OH is 1. The maximum Gasteiger partial charge on any atom is 0.336 e. The van der Waals surface area contributed by atoms with Gasteiger partial charge < -0.3 is 14.7 Å². The van der Waals surface area contributed by atoms with Gasteiger partial charge in [0.2, 0.25) is 5.91 Å². The summed E-state index contributed by atoms with van der Waals surface area (Å²) in [6, 6.07) is 1.78. The van der Waals surface area contributed by atoms with Crippen molar-refractivity contribution in [2.45, 2.75) is 32.8 Å². The molecule has 0 unspecified atom stereocenters. The van der Waals surface area contributed by atoms with E-state index in [-0.39, 0.29) is 18.5 Å². The van der Waals surface area contributed by atoms with Gasteiger partial charge in [-0.3, -0.25) is 9.69 Å². The van der Waals surface area contributed by atoms with Gasteiger partial charge in [0.15, 0.2) is 5.82 Å². The lowest BCUT2D eigenvalue weighted by atomic mass is 9.78. The number of hydrogen-bond acceptors (Lipinski definition) is 10. The van der Waals surface area contributed by atoms with Crippen LogP contribution in [-0.2, 0) is 14.3 Å². The number of β-amino-alcohol motifs (C(OH)–C–C–N with tert-alkyl or cyclic N) is 1. The van der Waals surface area contributed by atoms with Crippen molar-refractivity contribution < 1.29 is 19.4 Å². The molecule has 172 valence electrons. The first-order chi connectivity index (χ1) is 15.9. The molecule has 1 fully saturated rings. The van der Waals surface area contributed by atoms with E-state index in [2.05, 4.69) is 30.6 Å². The van der Waals surface area contributed by atoms with Gasteiger partial charge in [0.05, 0.1) is 22.4 Å². The van der Waals surface area contributed by atoms with Gasteiger partial charge in [-0.05, 0) is 61.8 Å². The monoisotopic (exact) mass is 452 g/mol. The maximum absolute atomic E-state index is 13.2. The number of cyclic esters (lactones) is 1. The van der Waals surface area contributed by atoms with Crippen LogP contribution in [0.5, 0.6) is 0 Å². The number of aliphatic hydroxyl groups is 1. The first-order valence-electron chi connectivity index (χ1n) is 10.8. The van der Waals surface area contributed by atoms with Crippen molar-refractivity contribution in [2.24, 2.45) is 5.41 Å². The van der Waals surface area contributed by atoms with Crippen molar-refractivity contribution >= 4 is 11.9 Å². The smallest absolute Gasteiger partial charge is 0.336 e. The third-order valence-corrected chi connectivity index (χ3v) is 6.65. The Morgan fingerprint density at radius 3 is 2.64 bits per heavy atom. The maximum atomic E-state index is 13.2. The number of likely N-dealkylation sites (tertiary alicyclic amines) is 1. The summed E-state index contributed by atoms with van der Waals surface area (Å²) < 4.78 is 6.46. The van der Waals surface area contributed by atoms with E-state index in [1.165, 1.54) is 11.0 Å². The molecule has 1 N–H and O–H groups in total. The Kier molecular flexibility index (Phi) is 5.25. The predicted octanol–water partition coefficient (Wildman–Crippen LogP) is 0.0630. The standard InChI is InChI=1S/C21H24N8O4/c1-13-9-17(29-12-22-25-26-29)23-24-18(13)16(30)10-27-6-3-21(4-7-27)5-8-28(20(21)32)15-11-33-19(31)14(15)2/h5,8-9,12,16,30H,3-4,6-7,10-11H2,1-2H3/t16-/m1/s1. The Hall–Kier alpha value is -3.51. The number of nitrogens with zero attached hydrogens (tertiary/aromatic N) is 8. The molecule has 3 aliphatic rings. The highest BCUT2D eigenvalue weighted by Gasteiger charge is 2.47. The van der Waals surface area contributed by atoms with Crippen LogP contribution in [0.1, 0.15) is 37.1 Å². The van der Waals surface area contributed by atoms with Crippen LogP contribution in [0.25, 0.3) is 5.82 Å². The average Bonchev–Trinajstić information content (AvgIpc) is 3.53. The van der Waals surface area contributed by atoms with Crippen LogP contribution in [0.3, 0.4) is 0 Å². The van der Waals surface area contributed by atoms with Gasteiger partial charge >= 0.3 is 5.97 Å². The predicted molar refractivity (Wildman–Crippen MR) is 112 cm³/mol. The molecule has 1 spiro atoms. The Bertz CT molecular complexity index is 1150. The normalized spacial score (nSPS) is 21.4. The van der Waals surface area contributed by atoms with Crippen LogP contribution in [0, 0.1) is 12.3 Å². The van der Waals surface area contributed by atoms with Crippen LogP contribution in [0.15, 0.2) is 35.9 Å². The molecule has 1 saturated heterocycles. The van der Waals surface area contributed by atoms with E-state index < -0.39 is 11.5 Å². The minimum Gasteiger partial charge on any atom is -0.456 e. The fraction of sp³-hybridized carbons (Fsp3) is 0.476. The highest BCUT2D eigenvalue weighted by atomic mass is 16.5. The van der Waals surface area contributed by atoms with Gasteiger partial charge in [0, 0.05) is 12.7 Å². The van der Waals surface area contributed by atoms with Crippen LogP contribution in [0.2, 0.25) is 0 Å². The summed E-state index contributed by atoms with van der Waals surface area (Å²) in [5.41, 5.74) is 1.81. The fourth-order valence-electron chi connectivity index (χ4n) is 4.56. The van der Waals surface area contributed by atoms with E-state index in [0.29, 0.717) is 55.3 Å². The second kappa shape index (κ2) is 8.12. The first kappa shape index (κ1) is 21.3. The van der Waals surface area contributed by atoms with Gasteiger partial charge in [0.1, 0.15) is 19.0 Å². The first-order valence-corrected chi connectivity index (χ1v) is 10.8. The van der Waals surface area contributed by atoms with E-state index in [1.54, 1.807) is 24.1 Å². The van der Waals surface area contributed by atoms with E-state index in [0.717, 1.165) is 5.56 Å². The number of rotatable bonds is 5. The van der Waals surface area contributed by atoms with E-state index in [4.69, 9.17) is 4.74 Å². The van der Waals surface area contributed by atoms with Crippen molar-refractivity contribution in [3.8, 4) is 5.82 Å². The van der Waals surface area contributed by atoms with Gasteiger partial charge in [-0.2, -0.15) is 9.78 Å². The number of esters is 1. The number of ether oxygens (including phenoxy) is 1. The van der Waals surface area contributed by atoms with E-state index in [9.17, 15) is 14.7 Å². The number of hydrogen-bond donors (Lipinski definition) is 1. The minimum absolute atomic E-state index is 0.0183. The lowest BCUT2D eigenvalue weighted by molar-refractivity contribution is -0.138. The number of aryl methyl sites for hydroxylation is 1. The number of piperidine rings is 1. The SMILES string of the molecule is CC1=C(N2C=CC3(CCN(C[C@@H](O)c4nnc(-n5cnnn5)cc4C)CC3)C2=O)COC1=O. The molecule has 33 heavy (non-hydrogen) atoms. The fourth-order valence-corrected chi connectivity index (χ4v) is 4.56. The van der Waals surface area contributed by atoms with E-state index in [1.807, 2.05) is 13.0 Å². The number of carbonyl (C=O) groups is 2. The molecule has 12 nitrogen and oxygen atoms in total. The Morgan fingerprint density at radius 1 is 1.21 bits per heavy atom. The summed E-state index contributed by atoms with van der Waals surface area (Å²) in [6.07, 6.45) is 5.59. The third kappa shape index (κ3) is 3.70. The zero-order valence-corrected chi connectivity index (χ0v) is 18.4. The lowest BCUT2D eigenvalue weighted by Crippen LogP contribution is -2.46. The topological polar surface area (TPSA) is 139 Å². The molecule has 2 aromatic rings. The molecule has 0 saturated carbocycles. The zero-order valence-electron chi connectivity index (χ0n) is 18.4. The van der Waals surface area contributed by atoms with Gasteiger partial charge in [-0.15, -0.1) is 10.2 Å². The van der Waals surface area contributed by atoms with Crippen LogP contribution in [0.4, 0.5) is 0 Å². The summed E-state index contributed by atoms with van der Waals surface area (Å²) in [5.74, 6) is 0.0831. The van der Waals surface area contributed by atoms with Crippen molar-refractivity contribution in [1.29, 1.82) is 0 Å². The third-order valence-electron chi connectivity index (χ3n) is 6.65. The molecule has 0 aromatic carbocycles. The molecular formula is C21H24N8O4. The molecule has 12 heteroatoms. The lowest BCUT2D eigenvalue weighted by Gasteiger charge is -2.38. The van der Waals surface area contributed by atoms with Crippen LogP contribution in [-0.4, -0.2) is 83.4 Å². The summed E-state index contributed by atoms with van der Waals surface area (Å²) in [7, 11) is 0. The molecule has 0 bridgehead atoms. The van der Waals surface area contributed by atoms with Gasteiger partial charge in [0.25, 0.3) is 0 Å². The van der Waals surface area contributed by atoms with Gasteiger partial charge in [-0.1, -0.05) is 6.08 Å². The Labute approximate surface area is 189 Å². The van der Waals surface area contributed by atoms with Crippen molar-refractivity contribution in [2.75, 3.05) is 26.2 Å². The summed E-state index contributed by atoms with van der Waals surface area (Å²) in [5, 5.41) is 30.1. The quantitative estimate of drug-likeness (QED) is 0.620. The number of tetrazole rings is 1. The number of amides is 1. The summed E-state index contributed by atoms with van der Waals surface area (Å²) in [4.78, 5) is 28.6. The Morgan fingerprint density at radius 2 is 2.00 bits per heavy atom. The molecule has 0 aliphatic carbocycles. The van der Waals surface area contributed by atoms with Gasteiger partial charge in [-0.25, -0.2) is 4.79 Å². The molecule has 1 amide bonds. The molecule has 2 aromatic heterocycles. The molecule has 1 atom stereocenters. The second-order valence-electron chi connectivity index (χ2n) is 8.64. The minimum atomic E-state index is -0.810. The Balaban J connectivity index is 1.21. The van der Waals surface area contributed by atoms with E-state index >= 15 is 0 Å². The zero-order chi connectivity index (χ0) is 23.2. The molecular weight excluding hydrogens is 428 g/mol. The molecule has 3 aliphatic heterocycles. The summed E-state index contributed by atoms with van der Waals surface area (Å²) >= 11 is 0. The average molecular weight is 452 g/mol. The largest absolute Gasteiger partial charge is 0.456 e. The number of aromatic nitrogens is 6. The van der Waals surface area contributed by atoms with Crippen LogP contribution >= 0.6 is 0 Å². The highest BCUT2D eigenvalue weighted by molar-refractivity contribution is 5.95. The summed E-state index contributed by atoms with van der Waals surface area (Å²) in [6.45, 7) is 5.37. The van der Waals surface area contributed by atoms with Crippen molar-refractivity contribution in [3.63, 3.8) is 0 Å². The van der Waals surface area contributed by atoms with Crippen molar-refractivity contribution in [3.05, 3.63) is 47.2 Å². The van der Waals surface area contributed by atoms with Crippen molar-refractivity contribution in [1.82, 2.24) is 40.2 Å². The van der Waals surface area contributed by atoms with Crippen LogP contribution < -0.4 is 0 Å². The second-order valence-corrected chi connectivity index (χ2v) is 8.64. The molecule has 0 radical (unpaired) electrons. The number of carbonyl (C=O) groups excluding carboxylic acids is 2. The highest BCUT2D eigenvalue weighted by Crippen LogP contribution is 2.41. The molecule has 5 heterocycles.